The first kappa shape index (κ1) is 41.0. The minimum absolute atomic E-state index is 0.122. The summed E-state index contributed by atoms with van der Waals surface area (Å²) in [4.78, 5) is 44.1. The highest BCUT2D eigenvalue weighted by Gasteiger charge is 2.71. The highest BCUT2D eigenvalue weighted by molar-refractivity contribution is 5.81. The summed E-state index contributed by atoms with van der Waals surface area (Å²) in [6.45, 7) is 29.0. The zero-order chi connectivity index (χ0) is 40.1. The highest BCUT2D eigenvalue weighted by atomic mass is 16.5. The Labute approximate surface area is 333 Å². The van der Waals surface area contributed by atoms with Crippen LogP contribution in [0.5, 0.6) is 0 Å². The number of nitrogens with one attached hydrogen (secondary N) is 1. The predicted octanol–water partition coefficient (Wildman–Crippen LogP) is 7.94. The van der Waals surface area contributed by atoms with E-state index in [1.165, 1.54) is 56.9 Å². The molecule has 9 nitrogen and oxygen atoms in total. The molecule has 7 fully saturated rings. The second kappa shape index (κ2) is 14.0. The average molecular weight is 765 g/mol. The molecule has 7 aliphatic rings. The number of esters is 1. The molecule has 0 bridgehead atoms. The number of carbonyl (C=O) groups is 3. The summed E-state index contributed by atoms with van der Waals surface area (Å²) < 4.78 is 6.45. The normalized spacial score (nSPS) is 44.5. The van der Waals surface area contributed by atoms with Gasteiger partial charge in [0, 0.05) is 64.3 Å². The van der Waals surface area contributed by atoms with Crippen LogP contribution in [0.15, 0.2) is 12.2 Å². The Hall–Kier alpha value is -2.13. The lowest BCUT2D eigenvalue weighted by molar-refractivity contribution is -0.248. The Kier molecular flexibility index (Phi) is 10.5. The molecule has 0 spiro atoms. The predicted molar refractivity (Wildman–Crippen MR) is 217 cm³/mol. The molecule has 55 heavy (non-hydrogen) atoms. The number of nitrogens with zero attached hydrogens (tertiary/aromatic N) is 3. The maximum Gasteiger partial charge on any atom is 0.319 e. The quantitative estimate of drug-likeness (QED) is 0.191. The van der Waals surface area contributed by atoms with E-state index in [0.29, 0.717) is 36.0 Å². The van der Waals surface area contributed by atoms with E-state index in [-0.39, 0.29) is 51.2 Å². The molecule has 9 heteroatoms. The molecule has 1 heterocycles. The fourth-order valence-electron chi connectivity index (χ4n) is 15.5. The maximum absolute atomic E-state index is 13.6. The highest BCUT2D eigenvalue weighted by Crippen LogP contribution is 2.76. The molecule has 0 radical (unpaired) electrons. The van der Waals surface area contributed by atoms with Crippen molar-refractivity contribution in [2.24, 2.45) is 68.5 Å². The Morgan fingerprint density at radius 2 is 1.49 bits per heavy atom. The van der Waals surface area contributed by atoms with Crippen LogP contribution in [0, 0.1) is 68.5 Å². The molecular weight excluding hydrogens is 689 g/mol. The third-order valence-corrected chi connectivity index (χ3v) is 19.0. The van der Waals surface area contributed by atoms with Crippen molar-refractivity contribution in [1.82, 2.24) is 20.0 Å². The van der Waals surface area contributed by atoms with Crippen molar-refractivity contribution in [2.75, 3.05) is 53.4 Å². The molecular formula is C46H76N4O5. The molecule has 0 aromatic rings. The molecule has 1 saturated heterocycles. The summed E-state index contributed by atoms with van der Waals surface area (Å²) >= 11 is 0. The first-order valence-corrected chi connectivity index (χ1v) is 22.2. The number of amides is 2. The number of hydrogen-bond acceptors (Lipinski definition) is 6. The largest absolute Gasteiger partial charge is 0.481 e. The molecule has 2 N–H and O–H groups in total. The molecule has 0 aromatic carbocycles. The molecule has 0 aromatic heterocycles. The van der Waals surface area contributed by atoms with Crippen LogP contribution in [0.25, 0.3) is 0 Å². The van der Waals surface area contributed by atoms with E-state index in [1.807, 2.05) is 32.8 Å². The average Bonchev–Trinajstić information content (AvgIpc) is 3.49. The monoisotopic (exact) mass is 765 g/mol. The molecule has 0 unspecified atom stereocenters. The lowest BCUT2D eigenvalue weighted by Gasteiger charge is -2.73. The van der Waals surface area contributed by atoms with Gasteiger partial charge in [0.15, 0.2) is 0 Å². The van der Waals surface area contributed by atoms with Crippen molar-refractivity contribution in [3.63, 3.8) is 0 Å². The first-order chi connectivity index (χ1) is 25.6. The Morgan fingerprint density at radius 3 is 2.11 bits per heavy atom. The fraction of sp³-hybridized carbons (Fsp3) is 0.891. The molecule has 6 aliphatic carbocycles. The van der Waals surface area contributed by atoms with Gasteiger partial charge in [0.1, 0.15) is 6.10 Å². The Bertz CT molecular complexity index is 1540. The number of allylic oxidation sites excluding steroid dienone is 1. The van der Waals surface area contributed by atoms with Gasteiger partial charge in [-0.25, -0.2) is 4.79 Å². The zero-order valence-corrected chi connectivity index (χ0v) is 36.3. The third kappa shape index (κ3) is 6.23. The fourth-order valence-corrected chi connectivity index (χ4v) is 15.5. The standard InChI is InChI=1S/C46H76N4O5/c1-29(2)30-14-19-46(47-22-23-49-24-26-50(27-25-49)40(54)48(10)11)21-20-44(8)31(37(30)46)12-13-35-43(7)17-16-36(42(5,6)34(43)15-18-45(35,44)9)55-39(53)33-28-32(38(51)52)41(33,3)4/h30-37,47H,1,12-28H2,2-11H3,(H,51,52)/t30-,31+,32-,33+,34-,35+,36-,37+,43-,44+,45+,46-/m0/s1. The van der Waals surface area contributed by atoms with Crippen molar-refractivity contribution >= 4 is 18.0 Å². The lowest BCUT2D eigenvalue weighted by atomic mass is 9.32. The second-order valence-electron chi connectivity index (χ2n) is 22.1. The minimum atomic E-state index is -0.805. The van der Waals surface area contributed by atoms with E-state index < -0.39 is 17.3 Å². The van der Waals surface area contributed by atoms with Crippen molar-refractivity contribution in [3.05, 3.63) is 12.2 Å². The van der Waals surface area contributed by atoms with Crippen molar-refractivity contribution in [1.29, 1.82) is 0 Å². The number of hydrogen-bond donors (Lipinski definition) is 2. The summed E-state index contributed by atoms with van der Waals surface area (Å²) in [5.74, 6) is 1.17. The Morgan fingerprint density at radius 1 is 0.800 bits per heavy atom. The molecule has 310 valence electrons. The smallest absolute Gasteiger partial charge is 0.319 e. The van der Waals surface area contributed by atoms with Crippen LogP contribution in [-0.2, 0) is 14.3 Å². The number of urea groups is 1. The second-order valence-corrected chi connectivity index (χ2v) is 22.1. The van der Waals surface area contributed by atoms with Gasteiger partial charge in [-0.3, -0.25) is 14.5 Å². The van der Waals surface area contributed by atoms with Gasteiger partial charge in [-0.15, -0.1) is 0 Å². The molecule has 12 atom stereocenters. The number of fused-ring (bicyclic) bond motifs is 7. The SMILES string of the molecule is C=C(C)[C@@H]1CC[C@]2(NCCN3CCN(C(=O)N(C)C)CC3)CC[C@]3(C)[C@H](CC[C@@H]4[C@@]5(C)CC[C@H](OC(=O)[C@H]6C[C@@H](C(=O)O)C6(C)C)C(C)(C)[C@@H]5CC[C@]43C)[C@@H]12. The van der Waals surface area contributed by atoms with Crippen LogP contribution >= 0.6 is 0 Å². The third-order valence-electron chi connectivity index (χ3n) is 19.0. The van der Waals surface area contributed by atoms with E-state index in [1.54, 1.807) is 4.90 Å². The van der Waals surface area contributed by atoms with Crippen LogP contribution in [0.1, 0.15) is 126 Å². The summed E-state index contributed by atoms with van der Waals surface area (Å²) in [7, 11) is 3.68. The van der Waals surface area contributed by atoms with Gasteiger partial charge in [0.25, 0.3) is 0 Å². The lowest BCUT2D eigenvalue weighted by Crippen LogP contribution is -2.69. The number of aliphatic carboxylic acids is 1. The summed E-state index contributed by atoms with van der Waals surface area (Å²) in [6.07, 6.45) is 12.2. The van der Waals surface area contributed by atoms with E-state index in [4.69, 9.17) is 4.74 Å². The molecule has 1 aliphatic heterocycles. The molecule has 7 rings (SSSR count). The van der Waals surface area contributed by atoms with Crippen molar-refractivity contribution < 1.29 is 24.2 Å². The molecule has 2 amide bonds. The van der Waals surface area contributed by atoms with Crippen LogP contribution in [0.3, 0.4) is 0 Å². The first-order valence-electron chi connectivity index (χ1n) is 22.2. The minimum Gasteiger partial charge on any atom is -0.481 e. The van der Waals surface area contributed by atoms with E-state index in [0.717, 1.165) is 52.1 Å². The van der Waals surface area contributed by atoms with Crippen LogP contribution in [0.2, 0.25) is 0 Å². The topological polar surface area (TPSA) is 102 Å². The molecule has 6 saturated carbocycles. The Balaban J connectivity index is 1.05. The van der Waals surface area contributed by atoms with Gasteiger partial charge >= 0.3 is 18.0 Å². The number of ether oxygens (including phenoxy) is 1. The van der Waals surface area contributed by atoms with E-state index in [2.05, 4.69) is 58.3 Å². The number of rotatable bonds is 8. The number of carboxylic acid groups (broad SMARTS) is 1. The van der Waals surface area contributed by atoms with Crippen LogP contribution in [0.4, 0.5) is 4.79 Å². The van der Waals surface area contributed by atoms with Gasteiger partial charge < -0.3 is 25.0 Å². The van der Waals surface area contributed by atoms with Gasteiger partial charge in [-0.2, -0.15) is 0 Å². The maximum atomic E-state index is 13.6. The van der Waals surface area contributed by atoms with Crippen molar-refractivity contribution in [2.45, 2.75) is 138 Å². The summed E-state index contributed by atoms with van der Waals surface area (Å²) in [5.41, 5.74) is 1.53. The number of carboxylic acids is 1. The van der Waals surface area contributed by atoms with E-state index in [9.17, 15) is 19.5 Å². The number of piperazine rings is 1. The zero-order valence-electron chi connectivity index (χ0n) is 36.3. The van der Waals surface area contributed by atoms with Gasteiger partial charge in [-0.1, -0.05) is 60.6 Å². The van der Waals surface area contributed by atoms with Gasteiger partial charge in [0.2, 0.25) is 0 Å². The van der Waals surface area contributed by atoms with E-state index >= 15 is 0 Å². The van der Waals surface area contributed by atoms with Gasteiger partial charge in [-0.05, 0) is 129 Å². The van der Waals surface area contributed by atoms with Crippen LogP contribution < -0.4 is 5.32 Å². The summed E-state index contributed by atoms with van der Waals surface area (Å²) in [6, 6.07) is 0.122. The summed E-state index contributed by atoms with van der Waals surface area (Å²) in [5, 5.41) is 14.0. The van der Waals surface area contributed by atoms with Gasteiger partial charge in [0.05, 0.1) is 11.8 Å². The van der Waals surface area contributed by atoms with Crippen LogP contribution in [-0.4, -0.2) is 103 Å². The van der Waals surface area contributed by atoms with Crippen molar-refractivity contribution in [3.8, 4) is 0 Å². The number of carbonyl (C=O) groups excluding carboxylic acids is 2.